The number of pyridine rings is 2. The van der Waals surface area contributed by atoms with E-state index in [1.165, 1.54) is 12.1 Å². The average molecular weight is 1330 g/mol. The minimum Gasteiger partial charge on any atom is -1.00 e. The van der Waals surface area contributed by atoms with Gasteiger partial charge in [0.15, 0.2) is 11.3 Å². The third-order valence-electron chi connectivity index (χ3n) is 15.4. The van der Waals surface area contributed by atoms with E-state index in [0.717, 1.165) is 192 Å². The zero-order valence-electron chi connectivity index (χ0n) is 51.0. The van der Waals surface area contributed by atoms with Crippen LogP contribution >= 0.6 is 20.3 Å². The zero-order valence-corrected chi connectivity index (χ0v) is 55.3. The second kappa shape index (κ2) is 35.3. The zero-order chi connectivity index (χ0) is 61.1. The summed E-state index contributed by atoms with van der Waals surface area (Å²) in [5.74, 6) is 3.19. The molecule has 0 saturated carbocycles. The van der Waals surface area contributed by atoms with E-state index in [-0.39, 0.29) is 69.7 Å². The molecule has 29 heteroatoms. The van der Waals surface area contributed by atoms with Crippen molar-refractivity contribution in [2.75, 3.05) is 137 Å². The summed E-state index contributed by atoms with van der Waals surface area (Å²) in [7, 11) is 5.80. The molecule has 4 saturated heterocycles. The van der Waals surface area contributed by atoms with E-state index in [1.807, 2.05) is 88.2 Å². The summed E-state index contributed by atoms with van der Waals surface area (Å²) in [6.07, 6.45) is 9.29. The van der Waals surface area contributed by atoms with Crippen LogP contribution in [-0.2, 0) is 32.5 Å². The maximum Gasteiger partial charge on any atom is 1.00 e. The number of hydrogen-bond acceptors (Lipinski definition) is 18. The van der Waals surface area contributed by atoms with Crippen LogP contribution in [0.3, 0.4) is 0 Å². The van der Waals surface area contributed by atoms with E-state index in [4.69, 9.17) is 65.5 Å². The van der Waals surface area contributed by atoms with Crippen LogP contribution < -0.4 is 54.9 Å². The standard InChI is InChI=1S/C30H37FN8O.C29H31FN8O.CH4O3S.B.2ClH.Co.Na.H/c31-24-6-1-5-23(21-24)26-8-3-13-38(26)30-11-10-28-33-22-27(39(28)35-30)25-7-2-9-29(34-25)37-16-14-36(15-17-37)18-20-40-19-4-12-32;30-23-5-1-4-22(20-23)25-7-3-12-37(25)29-10-9-27-32-21-26(38(27)34-29)24-6-2-8-28(33-24)36-15-13-35(14-16-36)17-19-39-18-11-31;1-5(2,3)4;;;;;;/h1-2,5-7,9-11,21-22,26H,3-4,8,12-20,32H2;1-2,4-6,8-10,20-21,25H,3,7,12-19H2;1H3,(H,2,3,4);;2*1H;;;/q;;;;;;+2;+1;-1/p-2/t26-;25-;;;;;;;/m11......./s1. The van der Waals surface area contributed by atoms with Gasteiger partial charge in [0, 0.05) is 93.6 Å². The fraction of sp³-hybridized carbons (Fsp3) is 0.417. The Morgan fingerprint density at radius 2 is 1.08 bits per heavy atom. The summed E-state index contributed by atoms with van der Waals surface area (Å²) in [5.41, 5.74) is 12.4. The second-order valence-corrected chi connectivity index (χ2v) is 24.4. The van der Waals surface area contributed by atoms with Crippen molar-refractivity contribution >= 4 is 73.4 Å². The molecule has 4 aliphatic rings. The van der Waals surface area contributed by atoms with E-state index in [2.05, 4.69) is 51.5 Å². The van der Waals surface area contributed by atoms with Crippen LogP contribution in [-0.4, -0.2) is 188 Å². The number of nitrogens with zero attached hydrogens (tertiary/aromatic N) is 15. The quantitative estimate of drug-likeness (QED) is 0.0630. The number of nitriles is 1. The molecule has 0 unspecified atom stereocenters. The van der Waals surface area contributed by atoms with Gasteiger partial charge in [0.25, 0.3) is 10.1 Å². The first-order chi connectivity index (χ1) is 42.3. The first kappa shape index (κ1) is 70.8. The van der Waals surface area contributed by atoms with Crippen LogP contribution in [0.2, 0.25) is 0 Å². The van der Waals surface area contributed by atoms with Gasteiger partial charge in [0.05, 0.1) is 61.4 Å². The van der Waals surface area contributed by atoms with Gasteiger partial charge in [-0.25, -0.2) is 37.7 Å². The van der Waals surface area contributed by atoms with Gasteiger partial charge in [0.2, 0.25) is 0 Å². The SMILES string of the molecule is CS(=O)(=O)O.N#CCOCCN1CCN(c2cccc(-c3cnc4ccc(N5CCC[C@@H]5c5cccc(F)c5)nn34)n2)CC1.NCCCOCCN1CCN(c2cccc(-c3cnc4ccc(N5CCC[C@@H]5c5cccc(F)c5)nn34)n2)CC1.[B].[Cl][Co][Cl].[H-].[Na+]. The molecule has 4 fully saturated rings. The van der Waals surface area contributed by atoms with Gasteiger partial charge in [-0.15, -0.1) is 10.2 Å². The summed E-state index contributed by atoms with van der Waals surface area (Å²) < 4.78 is 68.5. The van der Waals surface area contributed by atoms with Crippen molar-refractivity contribution in [3.8, 4) is 28.8 Å². The average Bonchev–Trinajstić information content (AvgIpc) is 1.93. The summed E-state index contributed by atoms with van der Waals surface area (Å²) >= 11 is 0.382. The number of anilines is 4. The van der Waals surface area contributed by atoms with Crippen molar-refractivity contribution < 1.29 is 75.1 Å². The summed E-state index contributed by atoms with van der Waals surface area (Å²) in [6.45, 7) is 13.8. The van der Waals surface area contributed by atoms with Crippen molar-refractivity contribution in [1.29, 1.82) is 5.26 Å². The molecule has 4 aliphatic heterocycles. The molecular formula is C60H73BCl2CoF2N16NaO5S. The second-order valence-electron chi connectivity index (χ2n) is 21.2. The van der Waals surface area contributed by atoms with Gasteiger partial charge in [-0.1, -0.05) is 36.4 Å². The Morgan fingerprint density at radius 1 is 0.652 bits per heavy atom. The molecule has 0 bridgehead atoms. The van der Waals surface area contributed by atoms with Crippen LogP contribution in [0.15, 0.2) is 122 Å². The monoisotopic (exact) mass is 1330 g/mol. The van der Waals surface area contributed by atoms with E-state index in [0.29, 0.717) is 32.3 Å². The molecule has 0 amide bonds. The van der Waals surface area contributed by atoms with Crippen LogP contribution in [0.5, 0.6) is 0 Å². The minimum absolute atomic E-state index is 0. The minimum atomic E-state index is -3.67. The van der Waals surface area contributed by atoms with Gasteiger partial charge in [0.1, 0.15) is 52.9 Å². The third-order valence-corrected chi connectivity index (χ3v) is 15.4. The van der Waals surface area contributed by atoms with Crippen LogP contribution in [0.25, 0.3) is 34.1 Å². The molecule has 0 aliphatic carbocycles. The van der Waals surface area contributed by atoms with Gasteiger partial charge < -0.3 is 36.2 Å². The summed E-state index contributed by atoms with van der Waals surface area (Å²) in [4.78, 5) is 33.2. The molecule has 6 aromatic heterocycles. The molecule has 12 rings (SSSR count). The Kier molecular flexibility index (Phi) is 28.1. The van der Waals surface area contributed by atoms with Crippen molar-refractivity contribution in [2.24, 2.45) is 5.73 Å². The number of ether oxygens (including phenoxy) is 2. The van der Waals surface area contributed by atoms with Crippen LogP contribution in [0, 0.1) is 23.0 Å². The number of piperazine rings is 2. The largest absolute Gasteiger partial charge is 1.00 e. The molecule has 2 aromatic carbocycles. The number of imidazole rings is 2. The predicted molar refractivity (Wildman–Crippen MR) is 338 cm³/mol. The Balaban J connectivity index is 0.000000249. The number of fused-ring (bicyclic) bond motifs is 2. The van der Waals surface area contributed by atoms with E-state index < -0.39 is 10.1 Å². The maximum absolute atomic E-state index is 14.0. The Hall–Kier alpha value is -5.61. The van der Waals surface area contributed by atoms with E-state index in [1.54, 1.807) is 24.3 Å². The van der Waals surface area contributed by atoms with Crippen LogP contribution in [0.1, 0.15) is 56.7 Å². The van der Waals surface area contributed by atoms with Gasteiger partial charge in [-0.3, -0.25) is 14.4 Å². The number of hydrogen-bond donors (Lipinski definition) is 2. The molecule has 3 N–H and O–H groups in total. The molecule has 21 nitrogen and oxygen atoms in total. The third kappa shape index (κ3) is 19.9. The fourth-order valence-corrected chi connectivity index (χ4v) is 11.3. The first-order valence-electron chi connectivity index (χ1n) is 28.9. The number of rotatable bonds is 18. The Morgan fingerprint density at radius 3 is 1.49 bits per heavy atom. The topological polar surface area (TPSA) is 228 Å². The van der Waals surface area contributed by atoms with E-state index >= 15 is 0 Å². The Bertz CT molecular complexity index is 3660. The van der Waals surface area contributed by atoms with Crippen molar-refractivity contribution in [3.63, 3.8) is 0 Å². The Labute approximate surface area is 559 Å². The normalized spacial score (nSPS) is 17.0. The van der Waals surface area contributed by atoms with Gasteiger partial charge in [-0.05, 0) is 123 Å². The number of benzene rings is 2. The van der Waals surface area contributed by atoms with Crippen molar-refractivity contribution in [3.05, 3.63) is 144 Å². The molecule has 2 atom stereocenters. The smallest absolute Gasteiger partial charge is 1.00 e. The molecule has 3 radical (unpaired) electrons. The van der Waals surface area contributed by atoms with Crippen LogP contribution in [0.4, 0.5) is 32.1 Å². The summed E-state index contributed by atoms with van der Waals surface area (Å²) in [5, 5.41) is 18.6. The number of aromatic nitrogens is 8. The maximum atomic E-state index is 14.0. The van der Waals surface area contributed by atoms with Gasteiger partial charge in [-0.2, -0.15) is 13.7 Å². The molecule has 8 aromatic rings. The predicted octanol–water partition coefficient (Wildman–Crippen LogP) is 5.31. The molecule has 0 spiro atoms. The molecule has 10 heterocycles. The van der Waals surface area contributed by atoms with E-state index in [9.17, 15) is 17.2 Å². The van der Waals surface area contributed by atoms with Crippen molar-refractivity contribution in [2.45, 2.75) is 44.2 Å². The molecular weight excluding hydrogens is 1260 g/mol. The number of halogens is 4. The molecule has 89 heavy (non-hydrogen) atoms. The first-order valence-corrected chi connectivity index (χ1v) is 33.6. The number of nitrogens with two attached hydrogens (primary N) is 1. The molecule has 470 valence electrons. The van der Waals surface area contributed by atoms with Gasteiger partial charge >= 0.3 is 62.7 Å². The fourth-order valence-electron chi connectivity index (χ4n) is 11.3. The summed E-state index contributed by atoms with van der Waals surface area (Å²) in [6, 6.07) is 36.2. The van der Waals surface area contributed by atoms with Crippen molar-refractivity contribution in [1.82, 2.24) is 49.0 Å².